The summed E-state index contributed by atoms with van der Waals surface area (Å²) in [6, 6.07) is 14.3. The maximum absolute atomic E-state index is 12.7. The molecule has 1 heterocycles. The van der Waals surface area contributed by atoms with Gasteiger partial charge >= 0.3 is 0 Å². The summed E-state index contributed by atoms with van der Waals surface area (Å²) >= 11 is 0. The highest BCUT2D eigenvalue weighted by Gasteiger charge is 2.27. The third-order valence-corrected chi connectivity index (χ3v) is 6.92. The third-order valence-electron chi connectivity index (χ3n) is 5.02. The monoisotopic (exact) mass is 430 g/mol. The summed E-state index contributed by atoms with van der Waals surface area (Å²) in [6.07, 6.45) is 3.54. The maximum Gasteiger partial charge on any atom is 0.251 e. The van der Waals surface area contributed by atoms with Gasteiger partial charge in [-0.25, -0.2) is 8.42 Å². The molecule has 2 aromatic rings. The normalized spacial score (nSPS) is 14.8. The summed E-state index contributed by atoms with van der Waals surface area (Å²) < 4.78 is 32.5. The molecular formula is C23H30N2O4S. The zero-order valence-electron chi connectivity index (χ0n) is 17.6. The van der Waals surface area contributed by atoms with Crippen molar-refractivity contribution in [3.63, 3.8) is 0 Å². The van der Waals surface area contributed by atoms with Crippen LogP contribution >= 0.6 is 0 Å². The number of hydrogen-bond donors (Lipinski definition) is 1. The molecule has 30 heavy (non-hydrogen) atoms. The van der Waals surface area contributed by atoms with E-state index in [1.165, 1.54) is 15.9 Å². The zero-order valence-corrected chi connectivity index (χ0v) is 18.5. The van der Waals surface area contributed by atoms with Gasteiger partial charge < -0.3 is 10.1 Å². The average molecular weight is 431 g/mol. The number of aryl methyl sites for hydroxylation is 1. The number of sulfonamides is 1. The molecule has 1 fully saturated rings. The van der Waals surface area contributed by atoms with Crippen LogP contribution in [-0.4, -0.2) is 44.4 Å². The Morgan fingerprint density at radius 3 is 2.47 bits per heavy atom. The van der Waals surface area contributed by atoms with Crippen LogP contribution in [-0.2, 0) is 16.4 Å². The Labute approximate surface area is 179 Å². The number of carbonyl (C=O) groups excluding carboxylic acids is 1. The van der Waals surface area contributed by atoms with Gasteiger partial charge in [-0.2, -0.15) is 4.31 Å². The standard InChI is InChI=1S/C23H30N2O4S/c1-18(2)29-21-12-10-19(11-13-21)7-6-14-24-23(26)20-8-5-9-22(17-20)30(27,28)25-15-3-4-16-25/h5,8-13,17-18H,3-4,6-7,14-16H2,1-2H3,(H,24,26). The van der Waals surface area contributed by atoms with Gasteiger partial charge in [-0.05, 0) is 75.4 Å². The van der Waals surface area contributed by atoms with Crippen molar-refractivity contribution in [1.29, 1.82) is 0 Å². The van der Waals surface area contributed by atoms with Crippen LogP contribution in [0.2, 0.25) is 0 Å². The minimum Gasteiger partial charge on any atom is -0.491 e. The van der Waals surface area contributed by atoms with Crippen LogP contribution in [0.25, 0.3) is 0 Å². The van der Waals surface area contributed by atoms with Crippen LogP contribution in [0.4, 0.5) is 0 Å². The van der Waals surface area contributed by atoms with Gasteiger partial charge in [0.05, 0.1) is 11.0 Å². The van der Waals surface area contributed by atoms with E-state index in [1.54, 1.807) is 18.2 Å². The Hall–Kier alpha value is -2.38. The lowest BCUT2D eigenvalue weighted by Crippen LogP contribution is -2.29. The molecule has 0 spiro atoms. The van der Waals surface area contributed by atoms with Crippen molar-refractivity contribution in [2.75, 3.05) is 19.6 Å². The summed E-state index contributed by atoms with van der Waals surface area (Å²) in [7, 11) is -3.52. The quantitative estimate of drug-likeness (QED) is 0.617. The minimum atomic E-state index is -3.52. The lowest BCUT2D eigenvalue weighted by molar-refractivity contribution is 0.0953. The van der Waals surface area contributed by atoms with Crippen molar-refractivity contribution < 1.29 is 17.9 Å². The fourth-order valence-electron chi connectivity index (χ4n) is 3.48. The Balaban J connectivity index is 1.50. The van der Waals surface area contributed by atoms with Gasteiger partial charge in [-0.1, -0.05) is 18.2 Å². The van der Waals surface area contributed by atoms with Crippen molar-refractivity contribution in [2.24, 2.45) is 0 Å². The molecule has 0 aliphatic carbocycles. The van der Waals surface area contributed by atoms with Crippen molar-refractivity contribution in [1.82, 2.24) is 9.62 Å². The van der Waals surface area contributed by atoms with E-state index in [4.69, 9.17) is 4.74 Å². The van der Waals surface area contributed by atoms with E-state index in [-0.39, 0.29) is 16.9 Å². The number of rotatable bonds is 9. The molecule has 0 bridgehead atoms. The highest BCUT2D eigenvalue weighted by Crippen LogP contribution is 2.21. The van der Waals surface area contributed by atoms with Gasteiger partial charge in [-0.15, -0.1) is 0 Å². The number of nitrogens with zero attached hydrogens (tertiary/aromatic N) is 1. The summed E-state index contributed by atoms with van der Waals surface area (Å²) in [6.45, 7) is 5.60. The van der Waals surface area contributed by atoms with Crippen molar-refractivity contribution >= 4 is 15.9 Å². The molecule has 3 rings (SSSR count). The SMILES string of the molecule is CC(C)Oc1ccc(CCCNC(=O)c2cccc(S(=O)(=O)N3CCCC3)c2)cc1. The number of nitrogens with one attached hydrogen (secondary N) is 1. The Bertz CT molecular complexity index is 949. The average Bonchev–Trinajstić information content (AvgIpc) is 3.28. The number of amides is 1. The second-order valence-corrected chi connectivity index (χ2v) is 9.75. The van der Waals surface area contributed by atoms with Crippen LogP contribution in [0.5, 0.6) is 5.75 Å². The van der Waals surface area contributed by atoms with E-state index in [9.17, 15) is 13.2 Å². The van der Waals surface area contributed by atoms with E-state index in [0.29, 0.717) is 25.2 Å². The molecule has 1 amide bonds. The van der Waals surface area contributed by atoms with Gasteiger partial charge in [-0.3, -0.25) is 4.79 Å². The van der Waals surface area contributed by atoms with Crippen LogP contribution < -0.4 is 10.1 Å². The molecule has 0 radical (unpaired) electrons. The first-order valence-electron chi connectivity index (χ1n) is 10.5. The lowest BCUT2D eigenvalue weighted by Gasteiger charge is -2.16. The number of hydrogen-bond acceptors (Lipinski definition) is 4. The van der Waals surface area contributed by atoms with Crippen LogP contribution in [0.1, 0.15) is 49.0 Å². The number of benzene rings is 2. The predicted molar refractivity (Wildman–Crippen MR) is 117 cm³/mol. The zero-order chi connectivity index (χ0) is 21.6. The maximum atomic E-state index is 12.7. The molecule has 2 aromatic carbocycles. The number of carbonyl (C=O) groups is 1. The lowest BCUT2D eigenvalue weighted by atomic mass is 10.1. The first-order chi connectivity index (χ1) is 14.4. The van der Waals surface area contributed by atoms with E-state index < -0.39 is 10.0 Å². The highest BCUT2D eigenvalue weighted by atomic mass is 32.2. The van der Waals surface area contributed by atoms with Crippen molar-refractivity contribution in [2.45, 2.75) is 50.5 Å². The highest BCUT2D eigenvalue weighted by molar-refractivity contribution is 7.89. The summed E-state index contributed by atoms with van der Waals surface area (Å²) in [4.78, 5) is 12.6. The van der Waals surface area contributed by atoms with Crippen LogP contribution in [0, 0.1) is 0 Å². The Morgan fingerprint density at radius 1 is 1.10 bits per heavy atom. The molecule has 1 aliphatic heterocycles. The van der Waals surface area contributed by atoms with Gasteiger partial charge in [0.15, 0.2) is 0 Å². The molecule has 1 saturated heterocycles. The first kappa shape index (κ1) is 22.3. The second-order valence-electron chi connectivity index (χ2n) is 7.81. The third kappa shape index (κ3) is 5.83. The Kier molecular flexibility index (Phi) is 7.50. The second kappa shape index (κ2) is 10.1. The largest absolute Gasteiger partial charge is 0.491 e. The molecule has 0 aromatic heterocycles. The first-order valence-corrected chi connectivity index (χ1v) is 11.9. The molecular weight excluding hydrogens is 400 g/mol. The van der Waals surface area contributed by atoms with Crippen LogP contribution in [0.3, 0.4) is 0 Å². The molecule has 1 aliphatic rings. The van der Waals surface area contributed by atoms with E-state index in [0.717, 1.165) is 31.4 Å². The molecule has 7 heteroatoms. The topological polar surface area (TPSA) is 75.7 Å². The van der Waals surface area contributed by atoms with Gasteiger partial charge in [0.2, 0.25) is 10.0 Å². The van der Waals surface area contributed by atoms with E-state index in [2.05, 4.69) is 5.32 Å². The van der Waals surface area contributed by atoms with E-state index >= 15 is 0 Å². The molecule has 0 atom stereocenters. The van der Waals surface area contributed by atoms with Gasteiger partial charge in [0.1, 0.15) is 5.75 Å². The van der Waals surface area contributed by atoms with Gasteiger partial charge in [0, 0.05) is 25.2 Å². The van der Waals surface area contributed by atoms with E-state index in [1.807, 2.05) is 38.1 Å². The fourth-order valence-corrected chi connectivity index (χ4v) is 5.04. The molecule has 1 N–H and O–H groups in total. The van der Waals surface area contributed by atoms with Gasteiger partial charge in [0.25, 0.3) is 5.91 Å². The summed E-state index contributed by atoms with van der Waals surface area (Å²) in [5.74, 6) is 0.597. The summed E-state index contributed by atoms with van der Waals surface area (Å²) in [5, 5.41) is 2.88. The smallest absolute Gasteiger partial charge is 0.251 e. The Morgan fingerprint density at radius 2 is 1.80 bits per heavy atom. The molecule has 6 nitrogen and oxygen atoms in total. The number of ether oxygens (including phenoxy) is 1. The summed E-state index contributed by atoms with van der Waals surface area (Å²) in [5.41, 5.74) is 1.55. The van der Waals surface area contributed by atoms with Crippen molar-refractivity contribution in [3.05, 3.63) is 59.7 Å². The predicted octanol–water partition coefficient (Wildman–Crippen LogP) is 3.62. The van der Waals surface area contributed by atoms with Crippen molar-refractivity contribution in [3.8, 4) is 5.75 Å². The molecule has 0 unspecified atom stereocenters. The minimum absolute atomic E-state index is 0.148. The van der Waals surface area contributed by atoms with Crippen LogP contribution in [0.15, 0.2) is 53.4 Å². The fraction of sp³-hybridized carbons (Fsp3) is 0.435. The molecule has 162 valence electrons. The molecule has 0 saturated carbocycles.